The number of benzene rings is 2. The highest BCUT2D eigenvalue weighted by Crippen LogP contribution is 2.61. The Hall–Kier alpha value is -1.60. The van der Waals surface area contributed by atoms with E-state index in [4.69, 9.17) is 0 Å². The summed E-state index contributed by atoms with van der Waals surface area (Å²) in [4.78, 5) is 0. The van der Waals surface area contributed by atoms with Crippen LogP contribution in [-0.4, -0.2) is 11.2 Å². The van der Waals surface area contributed by atoms with Crippen LogP contribution in [0, 0.1) is 11.8 Å². The molecule has 1 fully saturated rings. The van der Waals surface area contributed by atoms with Crippen molar-refractivity contribution >= 4 is 0 Å². The fraction of sp³-hybridized carbons (Fsp3) is 0.368. The Kier molecular flexibility index (Phi) is 2.89. The number of aliphatic hydroxyl groups is 1. The van der Waals surface area contributed by atoms with Crippen LogP contribution < -0.4 is 0 Å². The molecule has 2 aliphatic rings. The van der Waals surface area contributed by atoms with Gasteiger partial charge in [0.15, 0.2) is 0 Å². The van der Waals surface area contributed by atoms with Gasteiger partial charge in [-0.3, -0.25) is 0 Å². The van der Waals surface area contributed by atoms with Gasteiger partial charge in [0.1, 0.15) is 0 Å². The molecule has 1 saturated carbocycles. The minimum Gasteiger partial charge on any atom is -0.392 e. The molecule has 0 aromatic heterocycles. The number of hydrogen-bond donors (Lipinski definition) is 1. The third-order valence-electron chi connectivity index (χ3n) is 5.12. The summed E-state index contributed by atoms with van der Waals surface area (Å²) in [7, 11) is 0. The van der Waals surface area contributed by atoms with Gasteiger partial charge in [-0.15, -0.1) is 0 Å². The SMILES string of the molecule is OC(Cc1ccccc1)C1C2CCc3ccccc3C21. The van der Waals surface area contributed by atoms with Crippen LogP contribution in [0.5, 0.6) is 0 Å². The quantitative estimate of drug-likeness (QED) is 0.898. The third kappa shape index (κ3) is 1.97. The third-order valence-corrected chi connectivity index (χ3v) is 5.12. The molecular formula is C19H20O. The molecule has 0 bridgehead atoms. The van der Waals surface area contributed by atoms with E-state index in [0.29, 0.717) is 17.8 Å². The van der Waals surface area contributed by atoms with Gasteiger partial charge >= 0.3 is 0 Å². The molecule has 4 unspecified atom stereocenters. The lowest BCUT2D eigenvalue weighted by atomic mass is 9.92. The molecule has 0 amide bonds. The summed E-state index contributed by atoms with van der Waals surface area (Å²) >= 11 is 0. The van der Waals surface area contributed by atoms with Crippen LogP contribution in [-0.2, 0) is 12.8 Å². The van der Waals surface area contributed by atoms with Crippen molar-refractivity contribution in [3.05, 3.63) is 71.3 Å². The summed E-state index contributed by atoms with van der Waals surface area (Å²) in [5, 5.41) is 10.6. The van der Waals surface area contributed by atoms with Gasteiger partial charge in [0.05, 0.1) is 6.10 Å². The standard InChI is InChI=1S/C19H20O/c20-17(12-13-6-2-1-3-7-13)19-16-11-10-14-8-4-5-9-15(14)18(16)19/h1-9,16-20H,10-12H2. The molecule has 2 aromatic rings. The highest BCUT2D eigenvalue weighted by atomic mass is 16.3. The molecule has 1 nitrogen and oxygen atoms in total. The Labute approximate surface area is 120 Å². The second-order valence-corrected chi connectivity index (χ2v) is 6.26. The Bertz CT molecular complexity index is 604. The first-order chi connectivity index (χ1) is 9.84. The predicted molar refractivity (Wildman–Crippen MR) is 80.6 cm³/mol. The maximum absolute atomic E-state index is 10.6. The molecule has 102 valence electrons. The van der Waals surface area contributed by atoms with Gasteiger partial charge in [-0.25, -0.2) is 0 Å². The van der Waals surface area contributed by atoms with Crippen molar-refractivity contribution in [1.82, 2.24) is 0 Å². The maximum Gasteiger partial charge on any atom is 0.0617 e. The van der Waals surface area contributed by atoms with E-state index in [0.717, 1.165) is 6.42 Å². The van der Waals surface area contributed by atoms with Crippen LogP contribution in [0.1, 0.15) is 29.0 Å². The zero-order valence-electron chi connectivity index (χ0n) is 11.6. The van der Waals surface area contributed by atoms with Crippen LogP contribution >= 0.6 is 0 Å². The fourth-order valence-electron chi connectivity index (χ4n) is 4.14. The normalized spacial score (nSPS) is 28.4. The van der Waals surface area contributed by atoms with Crippen LogP contribution in [0.15, 0.2) is 54.6 Å². The lowest BCUT2D eigenvalue weighted by Crippen LogP contribution is -2.14. The smallest absolute Gasteiger partial charge is 0.0617 e. The molecule has 0 spiro atoms. The van der Waals surface area contributed by atoms with E-state index >= 15 is 0 Å². The van der Waals surface area contributed by atoms with Gasteiger partial charge in [0.2, 0.25) is 0 Å². The number of hydrogen-bond acceptors (Lipinski definition) is 1. The first kappa shape index (κ1) is 12.2. The number of rotatable bonds is 3. The summed E-state index contributed by atoms with van der Waals surface area (Å²) in [6.07, 6.45) is 3.03. The molecular weight excluding hydrogens is 244 g/mol. The largest absolute Gasteiger partial charge is 0.392 e. The van der Waals surface area contributed by atoms with Crippen molar-refractivity contribution in [2.24, 2.45) is 11.8 Å². The zero-order chi connectivity index (χ0) is 13.5. The van der Waals surface area contributed by atoms with Gasteiger partial charge in [0.25, 0.3) is 0 Å². The number of aliphatic hydroxyl groups excluding tert-OH is 1. The second-order valence-electron chi connectivity index (χ2n) is 6.26. The molecule has 1 heteroatoms. The molecule has 2 aromatic carbocycles. The molecule has 20 heavy (non-hydrogen) atoms. The summed E-state index contributed by atoms with van der Waals surface area (Å²) in [6.45, 7) is 0. The van der Waals surface area contributed by atoms with E-state index in [1.165, 1.54) is 29.5 Å². The summed E-state index contributed by atoms with van der Waals surface area (Å²) in [6, 6.07) is 19.2. The van der Waals surface area contributed by atoms with Crippen LogP contribution in [0.4, 0.5) is 0 Å². The van der Waals surface area contributed by atoms with E-state index in [2.05, 4.69) is 48.5 Å². The van der Waals surface area contributed by atoms with Crippen molar-refractivity contribution in [2.75, 3.05) is 0 Å². The topological polar surface area (TPSA) is 20.2 Å². The summed E-state index contributed by atoms with van der Waals surface area (Å²) < 4.78 is 0. The Balaban J connectivity index is 1.52. The molecule has 2 aliphatic carbocycles. The fourth-order valence-corrected chi connectivity index (χ4v) is 4.14. The van der Waals surface area contributed by atoms with Gasteiger partial charge in [-0.2, -0.15) is 0 Å². The summed E-state index contributed by atoms with van der Waals surface area (Å²) in [5.74, 6) is 1.79. The minimum atomic E-state index is -0.196. The number of aryl methyl sites for hydroxylation is 1. The molecule has 0 radical (unpaired) electrons. The minimum absolute atomic E-state index is 0.196. The molecule has 4 rings (SSSR count). The monoisotopic (exact) mass is 264 g/mol. The van der Waals surface area contributed by atoms with Gasteiger partial charge in [-0.05, 0) is 53.7 Å². The molecule has 0 heterocycles. The highest BCUT2D eigenvalue weighted by molar-refractivity contribution is 5.40. The van der Waals surface area contributed by atoms with Crippen LogP contribution in [0.3, 0.4) is 0 Å². The lowest BCUT2D eigenvalue weighted by molar-refractivity contribution is 0.143. The summed E-state index contributed by atoms with van der Waals surface area (Å²) in [5.41, 5.74) is 4.25. The molecule has 4 atom stereocenters. The van der Waals surface area contributed by atoms with Crippen molar-refractivity contribution < 1.29 is 5.11 Å². The van der Waals surface area contributed by atoms with E-state index in [-0.39, 0.29) is 6.10 Å². The Morgan fingerprint density at radius 3 is 2.60 bits per heavy atom. The van der Waals surface area contributed by atoms with Crippen molar-refractivity contribution in [3.8, 4) is 0 Å². The first-order valence-corrected chi connectivity index (χ1v) is 7.64. The van der Waals surface area contributed by atoms with Crippen molar-refractivity contribution in [1.29, 1.82) is 0 Å². The first-order valence-electron chi connectivity index (χ1n) is 7.64. The predicted octanol–water partition coefficient (Wildman–Crippen LogP) is 3.57. The van der Waals surface area contributed by atoms with Gasteiger partial charge < -0.3 is 5.11 Å². The van der Waals surface area contributed by atoms with E-state index < -0.39 is 0 Å². The lowest BCUT2D eigenvalue weighted by Gasteiger charge is -2.13. The van der Waals surface area contributed by atoms with Gasteiger partial charge in [0, 0.05) is 0 Å². The van der Waals surface area contributed by atoms with E-state index in [1.807, 2.05) is 6.07 Å². The molecule has 0 saturated heterocycles. The van der Waals surface area contributed by atoms with Crippen LogP contribution in [0.2, 0.25) is 0 Å². The number of fused-ring (bicyclic) bond motifs is 3. The highest BCUT2D eigenvalue weighted by Gasteiger charge is 2.55. The van der Waals surface area contributed by atoms with Crippen LogP contribution in [0.25, 0.3) is 0 Å². The van der Waals surface area contributed by atoms with Crippen molar-refractivity contribution in [2.45, 2.75) is 31.3 Å². The second kappa shape index (κ2) is 4.75. The Morgan fingerprint density at radius 2 is 1.75 bits per heavy atom. The Morgan fingerprint density at radius 1 is 1.00 bits per heavy atom. The average molecular weight is 264 g/mol. The van der Waals surface area contributed by atoms with E-state index in [1.54, 1.807) is 0 Å². The molecule has 0 aliphatic heterocycles. The maximum atomic E-state index is 10.6. The molecule has 1 N–H and O–H groups in total. The zero-order valence-corrected chi connectivity index (χ0v) is 11.6. The van der Waals surface area contributed by atoms with Gasteiger partial charge in [-0.1, -0.05) is 54.6 Å². The average Bonchev–Trinajstić information content (AvgIpc) is 3.23. The van der Waals surface area contributed by atoms with E-state index in [9.17, 15) is 5.11 Å². The van der Waals surface area contributed by atoms with Crippen molar-refractivity contribution in [3.63, 3.8) is 0 Å².